The van der Waals surface area contributed by atoms with Crippen molar-refractivity contribution >= 4 is 17.6 Å². The number of pyridine rings is 1. The Morgan fingerprint density at radius 3 is 2.41 bits per heavy atom. The second kappa shape index (κ2) is 6.30. The smallest absolute Gasteiger partial charge is 0.125 e. The average molecular weight is 244 g/mol. The van der Waals surface area contributed by atoms with Crippen LogP contribution in [0.1, 0.15) is 11.1 Å². The third-order valence-electron chi connectivity index (χ3n) is 2.46. The quantitative estimate of drug-likeness (QED) is 0.870. The van der Waals surface area contributed by atoms with Gasteiger partial charge in [0, 0.05) is 24.8 Å². The summed E-state index contributed by atoms with van der Waals surface area (Å²) in [7, 11) is 1.88. The van der Waals surface area contributed by atoms with E-state index in [0.29, 0.717) is 0 Å². The van der Waals surface area contributed by atoms with Crippen molar-refractivity contribution in [2.75, 3.05) is 12.4 Å². The molecule has 0 atom stereocenters. The maximum atomic E-state index is 4.30. The van der Waals surface area contributed by atoms with Crippen molar-refractivity contribution in [3.8, 4) is 0 Å². The maximum Gasteiger partial charge on any atom is 0.125 e. The van der Waals surface area contributed by atoms with Crippen molar-refractivity contribution in [3.05, 3.63) is 59.8 Å². The highest BCUT2D eigenvalue weighted by molar-refractivity contribution is 7.97. The van der Waals surface area contributed by atoms with Crippen LogP contribution in [0, 0.1) is 0 Å². The maximum absolute atomic E-state index is 4.30. The summed E-state index contributed by atoms with van der Waals surface area (Å²) in [4.78, 5) is 4.30. The molecule has 3 heteroatoms. The van der Waals surface area contributed by atoms with E-state index in [4.69, 9.17) is 0 Å². The zero-order valence-electron chi connectivity index (χ0n) is 9.89. The fourth-order valence-electron chi connectivity index (χ4n) is 1.52. The van der Waals surface area contributed by atoms with Crippen LogP contribution in [0.2, 0.25) is 0 Å². The van der Waals surface area contributed by atoms with Crippen LogP contribution in [-0.2, 0) is 11.5 Å². The Morgan fingerprint density at radius 1 is 1.00 bits per heavy atom. The fraction of sp³-hybridized carbons (Fsp3) is 0.214. The van der Waals surface area contributed by atoms with Gasteiger partial charge in [0.15, 0.2) is 0 Å². The van der Waals surface area contributed by atoms with Gasteiger partial charge in [0.05, 0.1) is 0 Å². The zero-order valence-corrected chi connectivity index (χ0v) is 10.7. The highest BCUT2D eigenvalue weighted by atomic mass is 32.2. The van der Waals surface area contributed by atoms with E-state index in [9.17, 15) is 0 Å². The molecule has 0 aliphatic rings. The molecule has 1 aromatic heterocycles. The van der Waals surface area contributed by atoms with E-state index in [1.165, 1.54) is 11.1 Å². The topological polar surface area (TPSA) is 24.9 Å². The van der Waals surface area contributed by atoms with Crippen LogP contribution in [0.4, 0.5) is 5.82 Å². The van der Waals surface area contributed by atoms with Gasteiger partial charge in [0.25, 0.3) is 0 Å². The number of anilines is 1. The number of rotatable bonds is 5. The first-order valence-corrected chi connectivity index (χ1v) is 6.78. The summed E-state index contributed by atoms with van der Waals surface area (Å²) < 4.78 is 0. The summed E-state index contributed by atoms with van der Waals surface area (Å²) in [5.41, 5.74) is 2.64. The molecule has 88 valence electrons. The molecule has 0 saturated heterocycles. The third-order valence-corrected chi connectivity index (χ3v) is 3.54. The Labute approximate surface area is 106 Å². The standard InChI is InChI=1S/C14H16N2S/c1-15-14-8-7-13(9-16-14)11-17-10-12-5-3-2-4-6-12/h2-9H,10-11H2,1H3,(H,15,16). The number of hydrogen-bond acceptors (Lipinski definition) is 3. The molecule has 1 aromatic carbocycles. The first kappa shape index (κ1) is 12.0. The van der Waals surface area contributed by atoms with Crippen LogP contribution in [-0.4, -0.2) is 12.0 Å². The van der Waals surface area contributed by atoms with Gasteiger partial charge in [-0.2, -0.15) is 11.8 Å². The molecule has 17 heavy (non-hydrogen) atoms. The lowest BCUT2D eigenvalue weighted by atomic mass is 10.2. The Balaban J connectivity index is 1.82. The van der Waals surface area contributed by atoms with Crippen molar-refractivity contribution in [2.24, 2.45) is 0 Å². The molecule has 2 aromatic rings. The van der Waals surface area contributed by atoms with Crippen LogP contribution in [0.5, 0.6) is 0 Å². The van der Waals surface area contributed by atoms with Gasteiger partial charge in [-0.25, -0.2) is 4.98 Å². The molecule has 1 N–H and O–H groups in total. The molecule has 1 heterocycles. The van der Waals surface area contributed by atoms with Crippen LogP contribution < -0.4 is 5.32 Å². The van der Waals surface area contributed by atoms with Crippen molar-refractivity contribution in [1.82, 2.24) is 4.98 Å². The largest absolute Gasteiger partial charge is 0.373 e. The molecular formula is C14H16N2S. The number of hydrogen-bond donors (Lipinski definition) is 1. The average Bonchev–Trinajstić information content (AvgIpc) is 2.41. The molecule has 0 bridgehead atoms. The summed E-state index contributed by atoms with van der Waals surface area (Å²) in [5, 5.41) is 3.02. The summed E-state index contributed by atoms with van der Waals surface area (Å²) >= 11 is 1.91. The number of thioether (sulfide) groups is 1. The SMILES string of the molecule is CNc1ccc(CSCc2ccccc2)cn1. The third kappa shape index (κ3) is 3.79. The molecule has 2 rings (SSSR count). The minimum Gasteiger partial charge on any atom is -0.373 e. The zero-order chi connectivity index (χ0) is 11.9. The minimum atomic E-state index is 0.918. The lowest BCUT2D eigenvalue weighted by Crippen LogP contribution is -1.92. The Morgan fingerprint density at radius 2 is 1.76 bits per heavy atom. The van der Waals surface area contributed by atoms with Crippen molar-refractivity contribution in [3.63, 3.8) is 0 Å². The monoisotopic (exact) mass is 244 g/mol. The summed E-state index contributed by atoms with van der Waals surface area (Å²) in [6.45, 7) is 0. The number of nitrogens with zero attached hydrogens (tertiary/aromatic N) is 1. The van der Waals surface area contributed by atoms with Gasteiger partial charge >= 0.3 is 0 Å². The van der Waals surface area contributed by atoms with Crippen molar-refractivity contribution in [2.45, 2.75) is 11.5 Å². The van der Waals surface area contributed by atoms with Gasteiger partial charge in [-0.1, -0.05) is 36.4 Å². The predicted molar refractivity (Wildman–Crippen MR) is 75.2 cm³/mol. The Kier molecular flexibility index (Phi) is 4.45. The van der Waals surface area contributed by atoms with E-state index in [1.54, 1.807) is 0 Å². The van der Waals surface area contributed by atoms with Gasteiger partial charge in [-0.15, -0.1) is 0 Å². The number of benzene rings is 1. The molecule has 0 spiro atoms. The molecule has 0 aliphatic carbocycles. The molecule has 0 saturated carbocycles. The van der Waals surface area contributed by atoms with Gasteiger partial charge in [0.2, 0.25) is 0 Å². The second-order valence-electron chi connectivity index (χ2n) is 3.78. The molecule has 0 radical (unpaired) electrons. The summed E-state index contributed by atoms with van der Waals surface area (Å²) in [5.74, 6) is 2.97. The molecule has 0 amide bonds. The summed E-state index contributed by atoms with van der Waals surface area (Å²) in [6.07, 6.45) is 1.93. The van der Waals surface area contributed by atoms with Crippen LogP contribution in [0.25, 0.3) is 0 Å². The second-order valence-corrected chi connectivity index (χ2v) is 4.77. The normalized spacial score (nSPS) is 10.2. The van der Waals surface area contributed by atoms with Crippen LogP contribution in [0.15, 0.2) is 48.7 Å². The first-order valence-electron chi connectivity index (χ1n) is 5.63. The Bertz CT molecular complexity index is 440. The first-order chi connectivity index (χ1) is 8.38. The van der Waals surface area contributed by atoms with E-state index >= 15 is 0 Å². The highest BCUT2D eigenvalue weighted by Crippen LogP contribution is 2.17. The molecule has 0 aliphatic heterocycles. The van der Waals surface area contributed by atoms with E-state index < -0.39 is 0 Å². The fourth-order valence-corrected chi connectivity index (χ4v) is 2.46. The van der Waals surface area contributed by atoms with E-state index in [2.05, 4.69) is 46.7 Å². The lowest BCUT2D eigenvalue weighted by molar-refractivity contribution is 1.23. The molecule has 0 fully saturated rings. The van der Waals surface area contributed by atoms with Gasteiger partial charge in [-0.05, 0) is 17.2 Å². The minimum absolute atomic E-state index is 0.918. The predicted octanol–water partition coefficient (Wildman–Crippen LogP) is 3.56. The Hall–Kier alpha value is -1.48. The highest BCUT2D eigenvalue weighted by Gasteiger charge is 1.96. The van der Waals surface area contributed by atoms with Crippen molar-refractivity contribution in [1.29, 1.82) is 0 Å². The van der Waals surface area contributed by atoms with Crippen molar-refractivity contribution < 1.29 is 0 Å². The summed E-state index contributed by atoms with van der Waals surface area (Å²) in [6, 6.07) is 14.7. The number of nitrogens with one attached hydrogen (secondary N) is 1. The van der Waals surface area contributed by atoms with E-state index in [-0.39, 0.29) is 0 Å². The molecule has 2 nitrogen and oxygen atoms in total. The van der Waals surface area contributed by atoms with E-state index in [1.807, 2.05) is 31.1 Å². The van der Waals surface area contributed by atoms with Gasteiger partial charge in [0.1, 0.15) is 5.82 Å². The lowest BCUT2D eigenvalue weighted by Gasteiger charge is -2.03. The molecule has 0 unspecified atom stereocenters. The van der Waals surface area contributed by atoms with E-state index in [0.717, 1.165) is 17.3 Å². The van der Waals surface area contributed by atoms with Gasteiger partial charge in [-0.3, -0.25) is 0 Å². The van der Waals surface area contributed by atoms with Crippen LogP contribution in [0.3, 0.4) is 0 Å². The number of aromatic nitrogens is 1. The molecular weight excluding hydrogens is 228 g/mol. The van der Waals surface area contributed by atoms with Gasteiger partial charge < -0.3 is 5.32 Å². The van der Waals surface area contributed by atoms with Crippen LogP contribution >= 0.6 is 11.8 Å².